The van der Waals surface area contributed by atoms with E-state index in [1.54, 1.807) is 19.1 Å². The molecule has 0 atom stereocenters. The minimum absolute atomic E-state index is 0.0865. The quantitative estimate of drug-likeness (QED) is 0.831. The van der Waals surface area contributed by atoms with Crippen LogP contribution in [0, 0.1) is 12.7 Å². The van der Waals surface area contributed by atoms with Gasteiger partial charge in [-0.25, -0.2) is 4.39 Å². The Morgan fingerprint density at radius 3 is 2.89 bits per heavy atom. The van der Waals surface area contributed by atoms with Gasteiger partial charge in [0.15, 0.2) is 5.11 Å². The van der Waals surface area contributed by atoms with Crippen LogP contribution in [-0.4, -0.2) is 20.6 Å². The first-order valence-electron chi connectivity index (χ1n) is 5.23. The molecular formula is C11H9FN4OS2. The molecule has 1 amide bonds. The molecule has 1 aromatic carbocycles. The Balaban J connectivity index is 1.99. The minimum Gasteiger partial charge on any atom is -0.332 e. The van der Waals surface area contributed by atoms with Gasteiger partial charge in [-0.05, 0) is 48.9 Å². The summed E-state index contributed by atoms with van der Waals surface area (Å²) >= 11 is 5.96. The molecule has 98 valence electrons. The van der Waals surface area contributed by atoms with E-state index in [9.17, 15) is 9.18 Å². The third-order valence-corrected chi connectivity index (χ3v) is 3.20. The SMILES string of the molecule is Cc1nnsc1C(=O)NC(=S)Nc1cccc(F)c1. The molecule has 1 heterocycles. The van der Waals surface area contributed by atoms with Crippen molar-refractivity contribution in [2.24, 2.45) is 0 Å². The van der Waals surface area contributed by atoms with Crippen LogP contribution >= 0.6 is 23.8 Å². The third-order valence-electron chi connectivity index (χ3n) is 2.17. The molecule has 0 saturated heterocycles. The van der Waals surface area contributed by atoms with Gasteiger partial charge in [-0.15, -0.1) is 5.10 Å². The van der Waals surface area contributed by atoms with E-state index in [1.165, 1.54) is 12.1 Å². The zero-order chi connectivity index (χ0) is 13.8. The lowest BCUT2D eigenvalue weighted by molar-refractivity contribution is 0.0981. The number of nitrogens with one attached hydrogen (secondary N) is 2. The number of rotatable bonds is 2. The fraction of sp³-hybridized carbons (Fsp3) is 0.0909. The molecule has 2 aromatic rings. The monoisotopic (exact) mass is 296 g/mol. The molecule has 2 rings (SSSR count). The molecule has 0 bridgehead atoms. The molecule has 8 heteroatoms. The van der Waals surface area contributed by atoms with Crippen molar-refractivity contribution in [2.45, 2.75) is 6.92 Å². The predicted molar refractivity (Wildman–Crippen MR) is 74.7 cm³/mol. The van der Waals surface area contributed by atoms with Gasteiger partial charge in [0.2, 0.25) is 0 Å². The van der Waals surface area contributed by atoms with E-state index in [0.717, 1.165) is 11.5 Å². The van der Waals surface area contributed by atoms with Crippen molar-refractivity contribution in [3.8, 4) is 0 Å². The number of anilines is 1. The summed E-state index contributed by atoms with van der Waals surface area (Å²) in [6.45, 7) is 1.68. The van der Waals surface area contributed by atoms with Crippen LogP contribution in [0.15, 0.2) is 24.3 Å². The smallest absolute Gasteiger partial charge is 0.271 e. The van der Waals surface area contributed by atoms with Crippen molar-refractivity contribution in [3.63, 3.8) is 0 Å². The molecule has 19 heavy (non-hydrogen) atoms. The largest absolute Gasteiger partial charge is 0.332 e. The van der Waals surface area contributed by atoms with E-state index in [-0.39, 0.29) is 16.8 Å². The molecule has 0 radical (unpaired) electrons. The number of amides is 1. The number of nitrogens with zero attached hydrogens (tertiary/aromatic N) is 2. The topological polar surface area (TPSA) is 66.9 Å². The number of aryl methyl sites for hydroxylation is 1. The normalized spacial score (nSPS) is 10.0. The second-order valence-corrected chi connectivity index (χ2v) is 4.77. The maximum Gasteiger partial charge on any atom is 0.271 e. The molecule has 1 aromatic heterocycles. The number of carbonyl (C=O) groups excluding carboxylic acids is 1. The zero-order valence-electron chi connectivity index (χ0n) is 9.81. The van der Waals surface area contributed by atoms with Gasteiger partial charge in [0.25, 0.3) is 5.91 Å². The summed E-state index contributed by atoms with van der Waals surface area (Å²) in [6.07, 6.45) is 0. The van der Waals surface area contributed by atoms with Crippen LogP contribution in [0.1, 0.15) is 15.4 Å². The van der Waals surface area contributed by atoms with Gasteiger partial charge in [-0.3, -0.25) is 10.1 Å². The fourth-order valence-electron chi connectivity index (χ4n) is 1.33. The van der Waals surface area contributed by atoms with Crippen LogP contribution in [0.3, 0.4) is 0 Å². The van der Waals surface area contributed by atoms with Crippen molar-refractivity contribution < 1.29 is 9.18 Å². The molecule has 0 unspecified atom stereocenters. The van der Waals surface area contributed by atoms with E-state index in [1.807, 2.05) is 0 Å². The first-order valence-corrected chi connectivity index (χ1v) is 6.41. The third kappa shape index (κ3) is 3.52. The molecule has 0 aliphatic carbocycles. The lowest BCUT2D eigenvalue weighted by Gasteiger charge is -2.08. The van der Waals surface area contributed by atoms with Crippen molar-refractivity contribution in [1.82, 2.24) is 14.9 Å². The van der Waals surface area contributed by atoms with Crippen molar-refractivity contribution in [1.29, 1.82) is 0 Å². The number of thiocarbonyl (C=S) groups is 1. The number of hydrogen-bond acceptors (Lipinski definition) is 5. The highest BCUT2D eigenvalue weighted by molar-refractivity contribution is 7.80. The van der Waals surface area contributed by atoms with E-state index < -0.39 is 0 Å². The summed E-state index contributed by atoms with van der Waals surface area (Å²) in [4.78, 5) is 12.2. The second kappa shape index (κ2) is 5.81. The lowest BCUT2D eigenvalue weighted by atomic mass is 10.3. The van der Waals surface area contributed by atoms with Crippen LogP contribution < -0.4 is 10.6 Å². The Bertz CT molecular complexity index is 629. The van der Waals surface area contributed by atoms with Gasteiger partial charge in [0.1, 0.15) is 10.7 Å². The molecule has 0 fully saturated rings. The molecular weight excluding hydrogens is 287 g/mol. The van der Waals surface area contributed by atoms with Gasteiger partial charge >= 0.3 is 0 Å². The van der Waals surface area contributed by atoms with Crippen molar-refractivity contribution in [3.05, 3.63) is 40.7 Å². The Morgan fingerprint density at radius 1 is 1.47 bits per heavy atom. The summed E-state index contributed by atoms with van der Waals surface area (Å²) in [5.74, 6) is -0.775. The summed E-state index contributed by atoms with van der Waals surface area (Å²) in [5.41, 5.74) is 1.00. The molecule has 0 aliphatic rings. The maximum atomic E-state index is 13.0. The summed E-state index contributed by atoms with van der Waals surface area (Å²) < 4.78 is 16.6. The van der Waals surface area contributed by atoms with Crippen molar-refractivity contribution in [2.75, 3.05) is 5.32 Å². The Labute approximate surface area is 118 Å². The summed E-state index contributed by atoms with van der Waals surface area (Å²) in [6, 6.07) is 5.78. The molecule has 0 spiro atoms. The molecule has 5 nitrogen and oxygen atoms in total. The first kappa shape index (κ1) is 13.5. The van der Waals surface area contributed by atoms with Crippen LogP contribution in [0.5, 0.6) is 0 Å². The van der Waals surface area contributed by atoms with E-state index in [2.05, 4.69) is 20.2 Å². The molecule has 0 aliphatic heterocycles. The van der Waals surface area contributed by atoms with Gasteiger partial charge in [-0.1, -0.05) is 10.6 Å². The zero-order valence-corrected chi connectivity index (χ0v) is 11.4. The van der Waals surface area contributed by atoms with E-state index >= 15 is 0 Å². The van der Waals surface area contributed by atoms with Gasteiger partial charge < -0.3 is 5.32 Å². The number of aromatic nitrogens is 2. The van der Waals surface area contributed by atoms with Crippen LogP contribution in [-0.2, 0) is 0 Å². The van der Waals surface area contributed by atoms with Crippen LogP contribution in [0.2, 0.25) is 0 Å². The van der Waals surface area contributed by atoms with Crippen molar-refractivity contribution >= 4 is 40.5 Å². The highest BCUT2D eigenvalue weighted by Gasteiger charge is 2.14. The summed E-state index contributed by atoms with van der Waals surface area (Å²) in [7, 11) is 0. The lowest BCUT2D eigenvalue weighted by Crippen LogP contribution is -2.34. The number of halogens is 1. The predicted octanol–water partition coefficient (Wildman–Crippen LogP) is 2.11. The Kier molecular flexibility index (Phi) is 4.13. The van der Waals surface area contributed by atoms with E-state index in [4.69, 9.17) is 12.2 Å². The minimum atomic E-state index is -0.388. The number of hydrogen-bond donors (Lipinski definition) is 2. The number of carbonyl (C=O) groups is 1. The van der Waals surface area contributed by atoms with E-state index in [0.29, 0.717) is 16.3 Å². The van der Waals surface area contributed by atoms with Gasteiger partial charge in [0, 0.05) is 5.69 Å². The Hall–Kier alpha value is -1.93. The second-order valence-electron chi connectivity index (χ2n) is 3.61. The first-order chi connectivity index (χ1) is 9.06. The maximum absolute atomic E-state index is 13.0. The van der Waals surface area contributed by atoms with Gasteiger partial charge in [0.05, 0.1) is 5.69 Å². The standard InChI is InChI=1S/C11H9FN4OS2/c1-6-9(19-16-15-6)10(17)14-11(18)13-8-4-2-3-7(12)5-8/h2-5H,1H3,(H2,13,14,17,18). The highest BCUT2D eigenvalue weighted by Crippen LogP contribution is 2.10. The molecule has 2 N–H and O–H groups in total. The highest BCUT2D eigenvalue weighted by atomic mass is 32.1. The van der Waals surface area contributed by atoms with Crippen LogP contribution in [0.25, 0.3) is 0 Å². The number of benzene rings is 1. The fourth-order valence-corrected chi connectivity index (χ4v) is 2.09. The van der Waals surface area contributed by atoms with Gasteiger partial charge in [-0.2, -0.15) is 0 Å². The average Bonchev–Trinajstić information content (AvgIpc) is 2.75. The molecule has 0 saturated carbocycles. The summed E-state index contributed by atoms with van der Waals surface area (Å²) in [5, 5.41) is 9.02. The Morgan fingerprint density at radius 2 is 2.26 bits per heavy atom. The van der Waals surface area contributed by atoms with Crippen LogP contribution in [0.4, 0.5) is 10.1 Å². The average molecular weight is 296 g/mol.